The second kappa shape index (κ2) is 8.93. The van der Waals surface area contributed by atoms with Crippen molar-refractivity contribution in [3.8, 4) is 0 Å². The average molecular weight is 448 g/mol. The third kappa shape index (κ3) is 11.0. The number of amides is 1. The molecule has 1 aliphatic rings. The van der Waals surface area contributed by atoms with Gasteiger partial charge in [0.05, 0.1) is 12.9 Å². The number of alkyl halides is 3. The van der Waals surface area contributed by atoms with Crippen molar-refractivity contribution in [2.45, 2.75) is 38.3 Å². The number of carbonyl (C=O) groups excluding carboxylic acids is 1. The Kier molecular flexibility index (Phi) is 8.66. The van der Waals surface area contributed by atoms with Gasteiger partial charge < -0.3 is 9.64 Å². The summed E-state index contributed by atoms with van der Waals surface area (Å²) in [5.74, 6) is -0.477. The van der Waals surface area contributed by atoms with Gasteiger partial charge in [-0.3, -0.25) is 4.18 Å². The monoisotopic (exact) mass is 447 g/mol. The number of hydrogen-bond acceptors (Lipinski definition) is 7. The maximum absolute atomic E-state index is 12.1. The molecule has 26 heavy (non-hydrogen) atoms. The van der Waals surface area contributed by atoms with E-state index in [1.54, 1.807) is 20.8 Å². The third-order valence-corrected chi connectivity index (χ3v) is 3.69. The fourth-order valence-corrected chi connectivity index (χ4v) is 2.22. The van der Waals surface area contributed by atoms with E-state index < -0.39 is 48.9 Å². The summed E-state index contributed by atoms with van der Waals surface area (Å²) >= 11 is 0. The Morgan fingerprint density at radius 2 is 1.65 bits per heavy atom. The van der Waals surface area contributed by atoms with Crippen molar-refractivity contribution >= 4 is 35.9 Å². The lowest BCUT2D eigenvalue weighted by molar-refractivity contribution is -0.0550. The van der Waals surface area contributed by atoms with Crippen molar-refractivity contribution < 1.29 is 43.7 Å². The first-order chi connectivity index (χ1) is 11.3. The molecule has 1 heterocycles. The summed E-state index contributed by atoms with van der Waals surface area (Å²) in [5, 5.41) is 0. The Balaban J connectivity index is 0.00000110. The van der Waals surface area contributed by atoms with Gasteiger partial charge in [-0.2, -0.15) is 21.6 Å². The first-order valence-electron chi connectivity index (χ1n) is 7.15. The second-order valence-electron chi connectivity index (χ2n) is 6.45. The van der Waals surface area contributed by atoms with E-state index in [0.29, 0.717) is 6.42 Å². The molecule has 1 amide bonds. The van der Waals surface area contributed by atoms with Crippen LogP contribution in [0.15, 0.2) is 0 Å². The molecule has 1 aliphatic heterocycles. The number of ether oxygens (including phenoxy) is 1. The molecule has 0 aliphatic carbocycles. The highest BCUT2D eigenvalue weighted by atomic mass is 35.7. The first-order valence-corrected chi connectivity index (χ1v) is 11.3. The highest BCUT2D eigenvalue weighted by molar-refractivity contribution is 8.13. The van der Waals surface area contributed by atoms with Crippen molar-refractivity contribution in [2.24, 2.45) is 5.92 Å². The molecular formula is C12H21ClF3NO7S2. The van der Waals surface area contributed by atoms with Gasteiger partial charge >= 0.3 is 21.7 Å². The van der Waals surface area contributed by atoms with Crippen LogP contribution in [0.2, 0.25) is 0 Å². The SMILES string of the molecule is CC(C)(C)OC(=O)N1CCC(COS(=O)(=O)C(F)(F)F)C1.CS(=O)(=O)Cl. The molecule has 1 unspecified atom stereocenters. The summed E-state index contributed by atoms with van der Waals surface area (Å²) in [6.07, 6.45) is 0.699. The van der Waals surface area contributed by atoms with Crippen LogP contribution in [-0.4, -0.2) is 64.9 Å². The van der Waals surface area contributed by atoms with Gasteiger partial charge in [0.15, 0.2) is 0 Å². The molecule has 1 fully saturated rings. The average Bonchev–Trinajstić information content (AvgIpc) is 2.79. The number of rotatable bonds is 3. The Morgan fingerprint density at radius 1 is 1.19 bits per heavy atom. The van der Waals surface area contributed by atoms with Crippen LogP contribution in [0.3, 0.4) is 0 Å². The van der Waals surface area contributed by atoms with Crippen molar-refractivity contribution in [3.63, 3.8) is 0 Å². The van der Waals surface area contributed by atoms with Crippen LogP contribution >= 0.6 is 10.7 Å². The molecule has 14 heteroatoms. The molecule has 8 nitrogen and oxygen atoms in total. The Morgan fingerprint density at radius 3 is 2.04 bits per heavy atom. The lowest BCUT2D eigenvalue weighted by Crippen LogP contribution is -2.35. The van der Waals surface area contributed by atoms with Crippen LogP contribution in [0.5, 0.6) is 0 Å². The second-order valence-corrected chi connectivity index (χ2v) is 11.1. The summed E-state index contributed by atoms with van der Waals surface area (Å²) in [4.78, 5) is 13.1. The zero-order valence-electron chi connectivity index (χ0n) is 14.5. The van der Waals surface area contributed by atoms with Gasteiger partial charge in [-0.05, 0) is 27.2 Å². The van der Waals surface area contributed by atoms with Crippen molar-refractivity contribution in [2.75, 3.05) is 26.0 Å². The molecule has 0 radical (unpaired) electrons. The molecular weight excluding hydrogens is 427 g/mol. The fourth-order valence-electron chi connectivity index (χ4n) is 1.71. The summed E-state index contributed by atoms with van der Waals surface area (Å²) in [7, 11) is -4.28. The van der Waals surface area contributed by atoms with Gasteiger partial charge in [-0.25, -0.2) is 13.2 Å². The third-order valence-electron chi connectivity index (χ3n) is 2.68. The Bertz CT molecular complexity index is 679. The zero-order valence-corrected chi connectivity index (χ0v) is 16.9. The van der Waals surface area contributed by atoms with E-state index in [2.05, 4.69) is 14.9 Å². The molecule has 0 saturated carbocycles. The zero-order chi connectivity index (χ0) is 21.0. The number of nitrogens with zero attached hydrogens (tertiary/aromatic N) is 1. The van der Waals surface area contributed by atoms with Gasteiger partial charge in [0.25, 0.3) is 0 Å². The Hall–Kier alpha value is -0.790. The van der Waals surface area contributed by atoms with E-state index in [-0.39, 0.29) is 13.1 Å². The van der Waals surface area contributed by atoms with Crippen LogP contribution in [0.1, 0.15) is 27.2 Å². The summed E-state index contributed by atoms with van der Waals surface area (Å²) in [6.45, 7) is 4.85. The molecule has 156 valence electrons. The highest BCUT2D eigenvalue weighted by Gasteiger charge is 2.47. The van der Waals surface area contributed by atoms with E-state index in [1.165, 1.54) is 4.90 Å². The number of hydrogen-bond donors (Lipinski definition) is 0. The van der Waals surface area contributed by atoms with Gasteiger partial charge in [-0.1, -0.05) is 0 Å². The number of likely N-dealkylation sites (tertiary alicyclic amines) is 1. The number of halogens is 4. The predicted octanol–water partition coefficient (Wildman–Crippen LogP) is 2.29. The maximum atomic E-state index is 12.1. The smallest absolute Gasteiger partial charge is 0.444 e. The molecule has 0 spiro atoms. The van der Waals surface area contributed by atoms with Crippen LogP contribution in [-0.2, 0) is 28.1 Å². The largest absolute Gasteiger partial charge is 0.523 e. The van der Waals surface area contributed by atoms with E-state index in [1.807, 2.05) is 0 Å². The minimum Gasteiger partial charge on any atom is -0.444 e. The molecule has 0 aromatic carbocycles. The molecule has 0 N–H and O–H groups in total. The molecule has 1 rings (SSSR count). The van der Waals surface area contributed by atoms with Crippen molar-refractivity contribution in [1.29, 1.82) is 0 Å². The molecule has 0 aromatic rings. The fraction of sp³-hybridized carbons (Fsp3) is 0.917. The Labute approximate surface area is 155 Å². The van der Waals surface area contributed by atoms with Gasteiger partial charge in [0.1, 0.15) is 5.60 Å². The van der Waals surface area contributed by atoms with Crippen molar-refractivity contribution in [1.82, 2.24) is 4.90 Å². The molecule has 1 atom stereocenters. The normalized spacial score (nSPS) is 18.9. The van der Waals surface area contributed by atoms with E-state index >= 15 is 0 Å². The van der Waals surface area contributed by atoms with Crippen LogP contribution < -0.4 is 0 Å². The quantitative estimate of drug-likeness (QED) is 0.371. The van der Waals surface area contributed by atoms with Crippen LogP contribution in [0, 0.1) is 5.92 Å². The van der Waals surface area contributed by atoms with Gasteiger partial charge in [0, 0.05) is 29.7 Å². The molecule has 0 aromatic heterocycles. The van der Waals surface area contributed by atoms with Crippen LogP contribution in [0.4, 0.5) is 18.0 Å². The predicted molar refractivity (Wildman–Crippen MR) is 87.5 cm³/mol. The van der Waals surface area contributed by atoms with Gasteiger partial charge in [0.2, 0.25) is 9.05 Å². The van der Waals surface area contributed by atoms with Crippen LogP contribution in [0.25, 0.3) is 0 Å². The van der Waals surface area contributed by atoms with E-state index in [4.69, 9.17) is 4.74 Å². The number of carbonyl (C=O) groups is 1. The lowest BCUT2D eigenvalue weighted by Gasteiger charge is -2.24. The minimum atomic E-state index is -5.59. The first kappa shape index (κ1) is 25.2. The molecule has 1 saturated heterocycles. The summed E-state index contributed by atoms with van der Waals surface area (Å²) in [5.41, 5.74) is -6.11. The van der Waals surface area contributed by atoms with E-state index in [0.717, 1.165) is 6.26 Å². The molecule has 0 bridgehead atoms. The minimum absolute atomic E-state index is 0.0995. The maximum Gasteiger partial charge on any atom is 0.523 e. The summed E-state index contributed by atoms with van der Waals surface area (Å²) in [6, 6.07) is 0. The van der Waals surface area contributed by atoms with E-state index in [9.17, 15) is 34.8 Å². The topological polar surface area (TPSA) is 107 Å². The van der Waals surface area contributed by atoms with Crippen molar-refractivity contribution in [3.05, 3.63) is 0 Å². The standard InChI is InChI=1S/C11H18F3NO5S.CH3ClO2S/c1-10(2,3)20-9(16)15-5-4-8(6-15)7-19-21(17,18)11(12,13)14;1-5(2,3)4/h8H,4-7H2,1-3H3;1H3. The summed E-state index contributed by atoms with van der Waals surface area (Å²) < 4.78 is 85.7. The van der Waals surface area contributed by atoms with Gasteiger partial charge in [-0.15, -0.1) is 0 Å². The lowest BCUT2D eigenvalue weighted by atomic mass is 10.1. The highest BCUT2D eigenvalue weighted by Crippen LogP contribution is 2.26.